The van der Waals surface area contributed by atoms with Crippen molar-refractivity contribution in [3.05, 3.63) is 32.7 Å². The summed E-state index contributed by atoms with van der Waals surface area (Å²) in [6.45, 7) is 15.3. The van der Waals surface area contributed by atoms with Crippen LogP contribution in [0.25, 0.3) is 13.2 Å². The molecule has 16 heavy (non-hydrogen) atoms. The number of benzene rings is 1. The van der Waals surface area contributed by atoms with E-state index in [1.54, 1.807) is 0 Å². The van der Waals surface area contributed by atoms with Crippen molar-refractivity contribution in [3.8, 4) is 0 Å². The van der Waals surface area contributed by atoms with E-state index in [-0.39, 0.29) is 0 Å². The summed E-state index contributed by atoms with van der Waals surface area (Å²) in [6, 6.07) is 0. The lowest BCUT2D eigenvalue weighted by Crippen LogP contribution is -2.25. The van der Waals surface area contributed by atoms with Crippen molar-refractivity contribution in [2.24, 2.45) is 5.92 Å². The smallest absolute Gasteiger partial charge is 0.0261 e. The van der Waals surface area contributed by atoms with Crippen LogP contribution in [0, 0.1) is 19.8 Å². The highest BCUT2D eigenvalue weighted by Gasteiger charge is 2.16. The van der Waals surface area contributed by atoms with Gasteiger partial charge < -0.3 is 0 Å². The predicted molar refractivity (Wildman–Crippen MR) is 72.0 cm³/mol. The van der Waals surface area contributed by atoms with Gasteiger partial charge in [-0.05, 0) is 78.1 Å². The number of rotatable bonds is 0. The molecule has 1 aliphatic rings. The van der Waals surface area contributed by atoms with Gasteiger partial charge in [0.2, 0.25) is 0 Å². The first kappa shape index (κ1) is 11.4. The minimum Gasteiger partial charge on any atom is -0.0912 e. The maximum Gasteiger partial charge on any atom is -0.0261 e. The molecule has 0 aliphatic heterocycles. The Morgan fingerprint density at radius 2 is 1.25 bits per heavy atom. The van der Waals surface area contributed by atoms with Gasteiger partial charge in [-0.15, -0.1) is 0 Å². The summed E-state index contributed by atoms with van der Waals surface area (Å²) < 4.78 is 0. The molecular weight excluding hydrogens is 192 g/mol. The Kier molecular flexibility index (Phi) is 2.92. The van der Waals surface area contributed by atoms with Crippen molar-refractivity contribution < 1.29 is 0 Å². The summed E-state index contributed by atoms with van der Waals surface area (Å²) in [7, 11) is 0. The van der Waals surface area contributed by atoms with Crippen LogP contribution in [0.2, 0.25) is 0 Å². The quantitative estimate of drug-likeness (QED) is 0.582. The normalized spacial score (nSPS) is 16.9. The second-order valence-electron chi connectivity index (χ2n) is 5.35. The summed E-state index contributed by atoms with van der Waals surface area (Å²) >= 11 is 0. The molecule has 0 amide bonds. The van der Waals surface area contributed by atoms with Gasteiger partial charge in [-0.1, -0.05) is 20.1 Å². The van der Waals surface area contributed by atoms with Gasteiger partial charge in [0.25, 0.3) is 0 Å². The van der Waals surface area contributed by atoms with Gasteiger partial charge in [-0.2, -0.15) is 0 Å². The highest BCUT2D eigenvalue weighted by molar-refractivity contribution is 5.43. The zero-order valence-corrected chi connectivity index (χ0v) is 10.8. The number of fused-ring (bicyclic) bond motifs is 1. The van der Waals surface area contributed by atoms with Gasteiger partial charge in [0.05, 0.1) is 0 Å². The summed E-state index contributed by atoms with van der Waals surface area (Å²) in [4.78, 5) is 0. The van der Waals surface area contributed by atoms with E-state index in [1.165, 1.54) is 58.4 Å². The third kappa shape index (κ3) is 1.71. The third-order valence-electron chi connectivity index (χ3n) is 4.33. The van der Waals surface area contributed by atoms with Crippen molar-refractivity contribution in [1.29, 1.82) is 0 Å². The first-order valence-electron chi connectivity index (χ1n) is 6.31. The van der Waals surface area contributed by atoms with E-state index >= 15 is 0 Å². The molecule has 0 heteroatoms. The summed E-state index contributed by atoms with van der Waals surface area (Å²) in [5.41, 5.74) is 5.69. The molecule has 0 aromatic heterocycles. The lowest BCUT2D eigenvalue weighted by Gasteiger charge is -2.13. The molecule has 1 aromatic rings. The molecule has 0 atom stereocenters. The van der Waals surface area contributed by atoms with Crippen LogP contribution in [-0.4, -0.2) is 0 Å². The summed E-state index contributed by atoms with van der Waals surface area (Å²) in [5, 5.41) is 2.54. The van der Waals surface area contributed by atoms with Gasteiger partial charge in [0, 0.05) is 0 Å². The Labute approximate surface area is 98.7 Å². The fourth-order valence-corrected chi connectivity index (χ4v) is 2.80. The molecule has 1 aromatic carbocycles. The predicted octanol–water partition coefficient (Wildman–Crippen LogP) is 2.64. The second-order valence-corrected chi connectivity index (χ2v) is 5.35. The summed E-state index contributed by atoms with van der Waals surface area (Å²) in [6.07, 6.45) is 4.99. The first-order chi connectivity index (χ1) is 7.52. The average molecular weight is 214 g/mol. The van der Waals surface area contributed by atoms with Gasteiger partial charge in [-0.25, -0.2) is 0 Å². The Morgan fingerprint density at radius 3 is 1.62 bits per heavy atom. The zero-order chi connectivity index (χ0) is 11.9. The van der Waals surface area contributed by atoms with E-state index in [9.17, 15) is 0 Å². The molecule has 0 radical (unpaired) electrons. The molecule has 0 saturated carbocycles. The molecule has 0 spiro atoms. The minimum absolute atomic E-state index is 0.840. The summed E-state index contributed by atoms with van der Waals surface area (Å²) in [5.74, 6) is 0.840. The fraction of sp³-hybridized carbons (Fsp3) is 0.500. The standard InChI is InChI=1S/C16H22/c1-10-6-8-15-13(4)11(2)12(3)14(5)16(15)9-7-10/h10H,4-9H2,1-3H3. The van der Waals surface area contributed by atoms with E-state index < -0.39 is 0 Å². The van der Waals surface area contributed by atoms with Gasteiger partial charge >= 0.3 is 0 Å². The molecule has 0 unspecified atom stereocenters. The highest BCUT2D eigenvalue weighted by Crippen LogP contribution is 2.21. The van der Waals surface area contributed by atoms with Crippen LogP contribution in [0.5, 0.6) is 0 Å². The minimum atomic E-state index is 0.840. The lowest BCUT2D eigenvalue weighted by molar-refractivity contribution is 0.509. The molecule has 0 saturated heterocycles. The molecule has 1 aliphatic carbocycles. The van der Waals surface area contributed by atoms with Crippen LogP contribution in [0.15, 0.2) is 0 Å². The molecule has 2 rings (SSSR count). The van der Waals surface area contributed by atoms with Crippen LogP contribution in [0.1, 0.15) is 42.0 Å². The fourth-order valence-electron chi connectivity index (χ4n) is 2.80. The van der Waals surface area contributed by atoms with Crippen LogP contribution >= 0.6 is 0 Å². The molecule has 0 nitrogen and oxygen atoms in total. The maximum absolute atomic E-state index is 4.27. The van der Waals surface area contributed by atoms with Gasteiger partial charge in [-0.3, -0.25) is 0 Å². The first-order valence-corrected chi connectivity index (χ1v) is 6.31. The van der Waals surface area contributed by atoms with Crippen molar-refractivity contribution in [3.63, 3.8) is 0 Å². The molecule has 0 fully saturated rings. The zero-order valence-electron chi connectivity index (χ0n) is 10.8. The number of hydrogen-bond acceptors (Lipinski definition) is 0. The van der Waals surface area contributed by atoms with Crippen molar-refractivity contribution in [1.82, 2.24) is 0 Å². The topological polar surface area (TPSA) is 0 Å². The monoisotopic (exact) mass is 214 g/mol. The molecule has 0 bridgehead atoms. The van der Waals surface area contributed by atoms with Crippen LogP contribution < -0.4 is 10.4 Å². The van der Waals surface area contributed by atoms with E-state index in [1.807, 2.05) is 0 Å². The van der Waals surface area contributed by atoms with Crippen LogP contribution in [0.4, 0.5) is 0 Å². The van der Waals surface area contributed by atoms with Crippen molar-refractivity contribution in [2.75, 3.05) is 0 Å². The van der Waals surface area contributed by atoms with Crippen LogP contribution in [0.3, 0.4) is 0 Å². The maximum atomic E-state index is 4.27. The van der Waals surface area contributed by atoms with E-state index in [2.05, 4.69) is 33.9 Å². The number of hydrogen-bond donors (Lipinski definition) is 0. The highest BCUT2D eigenvalue weighted by atomic mass is 14.2. The van der Waals surface area contributed by atoms with Crippen molar-refractivity contribution in [2.45, 2.75) is 46.5 Å². The van der Waals surface area contributed by atoms with E-state index in [4.69, 9.17) is 0 Å². The molecule has 0 N–H and O–H groups in total. The van der Waals surface area contributed by atoms with Gasteiger partial charge in [0.15, 0.2) is 0 Å². The van der Waals surface area contributed by atoms with E-state index in [0.717, 1.165) is 5.92 Å². The largest absolute Gasteiger partial charge is 0.0912 e. The van der Waals surface area contributed by atoms with Gasteiger partial charge in [0.1, 0.15) is 0 Å². The van der Waals surface area contributed by atoms with E-state index in [0.29, 0.717) is 0 Å². The average Bonchev–Trinajstić information content (AvgIpc) is 2.46. The molecular formula is C16H22. The molecule has 0 heterocycles. The second kappa shape index (κ2) is 4.08. The Hall–Kier alpha value is -1.04. The third-order valence-corrected chi connectivity index (χ3v) is 4.33. The Balaban J connectivity index is 2.69. The Bertz CT molecular complexity index is 461. The lowest BCUT2D eigenvalue weighted by atomic mass is 9.92. The molecule has 86 valence electrons. The van der Waals surface area contributed by atoms with Crippen LogP contribution in [-0.2, 0) is 12.8 Å². The SMILES string of the molecule is C=c1c(C)c(C)c(=C)c2c1CCC(C)CC2. The Morgan fingerprint density at radius 1 is 0.875 bits per heavy atom. The van der Waals surface area contributed by atoms with Crippen molar-refractivity contribution >= 4 is 13.2 Å².